The lowest BCUT2D eigenvalue weighted by Gasteiger charge is -2.09. The molecule has 0 aliphatic rings. The largest absolute Gasteiger partial charge is 0.378 e. The van der Waals surface area contributed by atoms with Gasteiger partial charge in [-0.2, -0.15) is 0 Å². The quantitative estimate of drug-likeness (QED) is 0.0568. The molecule has 0 aromatic carbocycles. The van der Waals surface area contributed by atoms with E-state index >= 15 is 0 Å². The normalized spacial score (nSPS) is 11.5. The number of hydrogen-bond donors (Lipinski definition) is 0. The zero-order chi connectivity index (χ0) is 26.7. The van der Waals surface area contributed by atoms with Crippen LogP contribution >= 0.6 is 34.2 Å². The summed E-state index contributed by atoms with van der Waals surface area (Å²) in [6, 6.07) is 0. The number of hydrogen-bond acceptors (Lipinski definition) is 11. The Kier molecular flexibility index (Phi) is 37.2. The van der Waals surface area contributed by atoms with Crippen molar-refractivity contribution in [2.45, 2.75) is 0 Å². The molecule has 37 heavy (non-hydrogen) atoms. The number of halogens is 2. The van der Waals surface area contributed by atoms with Crippen molar-refractivity contribution in [3.05, 3.63) is 0 Å². The Hall–Kier alpha value is 0.580. The Labute approximate surface area is 241 Å². The van der Waals surface area contributed by atoms with E-state index < -0.39 is 0 Å². The first kappa shape index (κ1) is 37.6. The Balaban J connectivity index is 3.00. The van der Waals surface area contributed by atoms with Gasteiger partial charge in [0.05, 0.1) is 145 Å². The molecule has 0 fully saturated rings. The van der Waals surface area contributed by atoms with Gasteiger partial charge in [0.2, 0.25) is 0 Å². The lowest BCUT2D eigenvalue weighted by Crippen LogP contribution is -2.15. The molecule has 0 saturated heterocycles. The van der Waals surface area contributed by atoms with Crippen LogP contribution in [0.3, 0.4) is 0 Å². The fraction of sp³-hybridized carbons (Fsp3) is 1.00. The maximum Gasteiger partial charge on any atom is 0.0701 e. The van der Waals surface area contributed by atoms with Gasteiger partial charge in [-0.15, -0.1) is 11.6 Å². The van der Waals surface area contributed by atoms with Crippen LogP contribution < -0.4 is 0 Å². The molecular formula is C24H48ClIO11. The highest BCUT2D eigenvalue weighted by molar-refractivity contribution is 14.1. The zero-order valence-electron chi connectivity index (χ0n) is 22.2. The van der Waals surface area contributed by atoms with Gasteiger partial charge < -0.3 is 52.1 Å². The number of rotatable bonds is 34. The highest BCUT2D eigenvalue weighted by Crippen LogP contribution is 1.87. The molecule has 0 aromatic rings. The molecular weight excluding hydrogens is 627 g/mol. The van der Waals surface area contributed by atoms with Gasteiger partial charge in [0, 0.05) is 10.3 Å². The molecule has 0 aromatic heterocycles. The highest BCUT2D eigenvalue weighted by atomic mass is 127. The van der Waals surface area contributed by atoms with Crippen LogP contribution in [0.5, 0.6) is 0 Å². The predicted octanol–water partition coefficient (Wildman–Crippen LogP) is 1.84. The molecule has 11 nitrogen and oxygen atoms in total. The maximum atomic E-state index is 5.50. The van der Waals surface area contributed by atoms with Crippen LogP contribution in [-0.4, -0.2) is 156 Å². The molecule has 0 aliphatic carbocycles. The molecule has 224 valence electrons. The van der Waals surface area contributed by atoms with Gasteiger partial charge in [-0.3, -0.25) is 0 Å². The van der Waals surface area contributed by atoms with Gasteiger partial charge in [-0.05, 0) is 0 Å². The average Bonchev–Trinajstić information content (AvgIpc) is 2.91. The minimum absolute atomic E-state index is 0.501. The van der Waals surface area contributed by atoms with Crippen LogP contribution in [0, 0.1) is 0 Å². The number of ether oxygens (including phenoxy) is 11. The van der Waals surface area contributed by atoms with Crippen LogP contribution in [0.2, 0.25) is 0 Å². The summed E-state index contributed by atoms with van der Waals surface area (Å²) in [7, 11) is 0. The van der Waals surface area contributed by atoms with Gasteiger partial charge in [0.1, 0.15) is 0 Å². The fourth-order valence-electron chi connectivity index (χ4n) is 2.41. The molecule has 0 unspecified atom stereocenters. The summed E-state index contributed by atoms with van der Waals surface area (Å²) in [6.45, 7) is 12.1. The summed E-state index contributed by atoms with van der Waals surface area (Å²) >= 11 is 7.78. The van der Waals surface area contributed by atoms with Gasteiger partial charge in [-0.1, -0.05) is 22.6 Å². The van der Waals surface area contributed by atoms with Crippen molar-refractivity contribution in [3.8, 4) is 0 Å². The molecule has 0 amide bonds. The average molecular weight is 675 g/mol. The topological polar surface area (TPSA) is 102 Å². The van der Waals surface area contributed by atoms with Gasteiger partial charge in [0.15, 0.2) is 0 Å². The Morgan fingerprint density at radius 1 is 0.270 bits per heavy atom. The lowest BCUT2D eigenvalue weighted by atomic mass is 10.6. The van der Waals surface area contributed by atoms with E-state index in [9.17, 15) is 0 Å². The van der Waals surface area contributed by atoms with Crippen molar-refractivity contribution in [1.29, 1.82) is 0 Å². The Morgan fingerprint density at radius 2 is 0.432 bits per heavy atom. The van der Waals surface area contributed by atoms with Crippen molar-refractivity contribution >= 4 is 34.2 Å². The van der Waals surface area contributed by atoms with Crippen molar-refractivity contribution in [1.82, 2.24) is 0 Å². The van der Waals surface area contributed by atoms with Crippen LogP contribution in [0.1, 0.15) is 0 Å². The molecule has 0 bridgehead atoms. The van der Waals surface area contributed by atoms with E-state index in [1.165, 1.54) is 0 Å². The summed E-state index contributed by atoms with van der Waals surface area (Å²) in [5.74, 6) is 0.501. The molecule has 0 atom stereocenters. The monoisotopic (exact) mass is 674 g/mol. The Morgan fingerprint density at radius 3 is 0.595 bits per heavy atom. The van der Waals surface area contributed by atoms with Gasteiger partial charge >= 0.3 is 0 Å². The Bertz CT molecular complexity index is 370. The minimum atomic E-state index is 0.501. The van der Waals surface area contributed by atoms with E-state index in [1.807, 2.05) is 0 Å². The second kappa shape index (κ2) is 36.6. The summed E-state index contributed by atoms with van der Waals surface area (Å²) in [5, 5.41) is 0. The molecule has 0 aliphatic heterocycles. The fourth-order valence-corrected chi connectivity index (χ4v) is 2.83. The molecule has 0 heterocycles. The van der Waals surface area contributed by atoms with E-state index in [0.717, 1.165) is 11.0 Å². The van der Waals surface area contributed by atoms with Crippen molar-refractivity contribution < 1.29 is 52.1 Å². The number of alkyl halides is 2. The third kappa shape index (κ3) is 36.6. The van der Waals surface area contributed by atoms with E-state index in [1.54, 1.807) is 0 Å². The van der Waals surface area contributed by atoms with Crippen molar-refractivity contribution in [2.75, 3.05) is 156 Å². The molecule has 0 rings (SSSR count). The molecule has 0 saturated carbocycles. The first-order chi connectivity index (χ1) is 18.4. The van der Waals surface area contributed by atoms with E-state index in [-0.39, 0.29) is 0 Å². The van der Waals surface area contributed by atoms with Gasteiger partial charge in [0.25, 0.3) is 0 Å². The molecule has 0 spiro atoms. The molecule has 0 N–H and O–H groups in total. The summed E-state index contributed by atoms with van der Waals surface area (Å²) in [6.07, 6.45) is 0. The first-order valence-electron chi connectivity index (χ1n) is 12.9. The summed E-state index contributed by atoms with van der Waals surface area (Å²) < 4.78 is 60.3. The van der Waals surface area contributed by atoms with Crippen LogP contribution in [0.25, 0.3) is 0 Å². The van der Waals surface area contributed by atoms with E-state index in [4.69, 9.17) is 63.7 Å². The summed E-state index contributed by atoms with van der Waals surface area (Å²) in [5.41, 5.74) is 0. The second-order valence-electron chi connectivity index (χ2n) is 7.11. The van der Waals surface area contributed by atoms with E-state index in [2.05, 4.69) is 22.6 Å². The van der Waals surface area contributed by atoms with Crippen LogP contribution in [-0.2, 0) is 52.1 Å². The lowest BCUT2D eigenvalue weighted by molar-refractivity contribution is -0.0272. The standard InChI is InChI=1S/C24H48ClIO11/c25-1-3-27-5-7-29-9-11-31-13-15-33-17-19-35-21-23-37-24-22-36-20-18-34-16-14-32-12-10-30-8-6-28-4-2-26/h1-24H2. The van der Waals surface area contributed by atoms with Crippen LogP contribution in [0.15, 0.2) is 0 Å². The predicted molar refractivity (Wildman–Crippen MR) is 149 cm³/mol. The first-order valence-corrected chi connectivity index (χ1v) is 14.9. The third-order valence-corrected chi connectivity index (χ3v) is 4.76. The van der Waals surface area contributed by atoms with Crippen molar-refractivity contribution in [2.24, 2.45) is 0 Å². The smallest absolute Gasteiger partial charge is 0.0701 e. The molecule has 13 heteroatoms. The van der Waals surface area contributed by atoms with Crippen molar-refractivity contribution in [3.63, 3.8) is 0 Å². The highest BCUT2D eigenvalue weighted by Gasteiger charge is 1.96. The zero-order valence-corrected chi connectivity index (χ0v) is 25.1. The van der Waals surface area contributed by atoms with Gasteiger partial charge in [-0.25, -0.2) is 0 Å². The SMILES string of the molecule is ClCCOCCOCCOCCOCCOCCOCCOCCOCCOCCOCCOCCI. The summed E-state index contributed by atoms with van der Waals surface area (Å²) in [4.78, 5) is 0. The van der Waals surface area contributed by atoms with Crippen LogP contribution in [0.4, 0.5) is 0 Å². The third-order valence-electron chi connectivity index (χ3n) is 4.16. The van der Waals surface area contributed by atoms with E-state index in [0.29, 0.717) is 145 Å². The molecule has 0 radical (unpaired) electrons. The maximum absolute atomic E-state index is 5.50. The second-order valence-corrected chi connectivity index (χ2v) is 8.57. The minimum Gasteiger partial charge on any atom is -0.378 e.